The number of nitriles is 1. The fraction of sp³-hybridized carbons (Fsp3) is 0.222. The number of ether oxygens (including phenoxy) is 1. The first kappa shape index (κ1) is 16.9. The number of nitrogens with zero attached hydrogens (tertiary/aromatic N) is 2. The van der Waals surface area contributed by atoms with E-state index in [0.29, 0.717) is 16.3 Å². The molecule has 0 amide bonds. The van der Waals surface area contributed by atoms with Crippen LogP contribution in [-0.4, -0.2) is 17.6 Å². The summed E-state index contributed by atoms with van der Waals surface area (Å²) in [6.07, 6.45) is 2.24. The van der Waals surface area contributed by atoms with Crippen molar-refractivity contribution in [2.45, 2.75) is 20.3 Å². The van der Waals surface area contributed by atoms with Crippen molar-refractivity contribution >= 4 is 34.2 Å². The number of benzene rings is 1. The number of nitrogen functional groups attached to an aromatic ring is 1. The van der Waals surface area contributed by atoms with Crippen LogP contribution in [0.2, 0.25) is 5.02 Å². The topological polar surface area (TPSA) is 94.2 Å². The lowest BCUT2D eigenvalue weighted by Gasteiger charge is -2.09. The van der Waals surface area contributed by atoms with Gasteiger partial charge in [-0.15, -0.1) is 0 Å². The van der Waals surface area contributed by atoms with E-state index < -0.39 is 5.97 Å². The molecular weight excluding hydrogens is 342 g/mol. The highest BCUT2D eigenvalue weighted by molar-refractivity contribution is 6.35. The Morgan fingerprint density at radius 1 is 1.48 bits per heavy atom. The minimum atomic E-state index is -0.631. The van der Waals surface area contributed by atoms with Crippen LogP contribution in [0.25, 0.3) is 16.7 Å². The molecular formula is C18H16ClN3O3. The van der Waals surface area contributed by atoms with Crippen molar-refractivity contribution in [3.63, 3.8) is 0 Å². The molecule has 0 aliphatic rings. The van der Waals surface area contributed by atoms with Gasteiger partial charge in [0.2, 0.25) is 0 Å². The first-order valence-corrected chi connectivity index (χ1v) is 8.01. The molecule has 7 heteroatoms. The first-order chi connectivity index (χ1) is 11.9. The number of hydrogen-bond donors (Lipinski definition) is 1. The Morgan fingerprint density at radius 2 is 2.20 bits per heavy atom. The smallest absolute Gasteiger partial charge is 0.357 e. The van der Waals surface area contributed by atoms with E-state index in [2.05, 4.69) is 0 Å². The van der Waals surface area contributed by atoms with Gasteiger partial charge in [0.15, 0.2) is 11.3 Å². The molecule has 0 unspecified atom stereocenters. The van der Waals surface area contributed by atoms with Crippen molar-refractivity contribution < 1.29 is 13.9 Å². The zero-order chi connectivity index (χ0) is 18.3. The monoisotopic (exact) mass is 357 g/mol. The molecule has 2 heterocycles. The van der Waals surface area contributed by atoms with Gasteiger partial charge in [0.05, 0.1) is 23.4 Å². The number of nitrogens with two attached hydrogens (primary N) is 1. The second-order valence-corrected chi connectivity index (χ2v) is 5.99. The van der Waals surface area contributed by atoms with Crippen LogP contribution in [0, 0.1) is 18.3 Å². The van der Waals surface area contributed by atoms with Gasteiger partial charge in [-0.25, -0.2) is 4.79 Å². The lowest BCUT2D eigenvalue weighted by molar-refractivity contribution is 0.0593. The van der Waals surface area contributed by atoms with Crippen LogP contribution in [-0.2, 0) is 11.2 Å². The van der Waals surface area contributed by atoms with Crippen LogP contribution < -0.4 is 5.73 Å². The molecule has 0 aliphatic heterocycles. The van der Waals surface area contributed by atoms with E-state index in [1.807, 2.05) is 26.0 Å². The van der Waals surface area contributed by atoms with E-state index in [1.54, 1.807) is 6.07 Å². The average molecular weight is 358 g/mol. The quantitative estimate of drug-likeness (QED) is 0.715. The highest BCUT2D eigenvalue weighted by Gasteiger charge is 2.23. The van der Waals surface area contributed by atoms with Gasteiger partial charge in [-0.3, -0.25) is 0 Å². The predicted octanol–water partition coefficient (Wildman–Crippen LogP) is 3.99. The second-order valence-electron chi connectivity index (χ2n) is 5.59. The van der Waals surface area contributed by atoms with Crippen molar-refractivity contribution in [3.05, 3.63) is 45.9 Å². The molecule has 2 aromatic heterocycles. The van der Waals surface area contributed by atoms with Crippen LogP contribution >= 0.6 is 11.6 Å². The molecule has 2 N–H and O–H groups in total. The van der Waals surface area contributed by atoms with Gasteiger partial charge >= 0.3 is 5.97 Å². The summed E-state index contributed by atoms with van der Waals surface area (Å²) in [6.45, 7) is 3.96. The standard InChI is InChI=1S/C18H16ClN3O3/c1-4-14-9(2)12-5-11(6-13(19)17(12)25-14)22-8-10(7-20)15(21)16(22)18(23)24-3/h5-6,8H,4,21H2,1-3H3. The second kappa shape index (κ2) is 6.19. The fourth-order valence-electron chi connectivity index (χ4n) is 2.91. The van der Waals surface area contributed by atoms with E-state index in [4.69, 9.17) is 26.5 Å². The highest BCUT2D eigenvalue weighted by atomic mass is 35.5. The number of furan rings is 1. The molecule has 0 aliphatic carbocycles. The van der Waals surface area contributed by atoms with Crippen LogP contribution in [0.1, 0.15) is 34.3 Å². The van der Waals surface area contributed by atoms with Gasteiger partial charge in [-0.2, -0.15) is 5.26 Å². The molecule has 1 aromatic carbocycles. The maximum atomic E-state index is 12.1. The summed E-state index contributed by atoms with van der Waals surface area (Å²) in [5, 5.41) is 10.5. The Hall–Kier alpha value is -2.91. The van der Waals surface area contributed by atoms with Gasteiger partial charge in [-0.05, 0) is 24.6 Å². The molecule has 0 bridgehead atoms. The SMILES string of the molecule is CCc1oc2c(Cl)cc(-n3cc(C#N)c(N)c3C(=O)OC)cc2c1C. The zero-order valence-electron chi connectivity index (χ0n) is 14.0. The van der Waals surface area contributed by atoms with Crippen LogP contribution in [0.15, 0.2) is 22.7 Å². The summed E-state index contributed by atoms with van der Waals surface area (Å²) in [5.74, 6) is 0.223. The Balaban J connectivity index is 2.32. The number of methoxy groups -OCH3 is 1. The van der Waals surface area contributed by atoms with Crippen LogP contribution in [0.5, 0.6) is 0 Å². The van der Waals surface area contributed by atoms with E-state index in [0.717, 1.165) is 23.1 Å². The Kier molecular flexibility index (Phi) is 4.19. The minimum absolute atomic E-state index is 0.0729. The lowest BCUT2D eigenvalue weighted by Crippen LogP contribution is -2.11. The number of esters is 1. The van der Waals surface area contributed by atoms with Crippen molar-refractivity contribution in [2.75, 3.05) is 12.8 Å². The Morgan fingerprint density at radius 3 is 2.80 bits per heavy atom. The van der Waals surface area contributed by atoms with Crippen molar-refractivity contribution in [1.82, 2.24) is 4.57 Å². The molecule has 0 radical (unpaired) electrons. The number of carbonyl (C=O) groups excluding carboxylic acids is 1. The molecule has 0 fully saturated rings. The van der Waals surface area contributed by atoms with Gasteiger partial charge in [0.25, 0.3) is 0 Å². The highest BCUT2D eigenvalue weighted by Crippen LogP contribution is 2.35. The van der Waals surface area contributed by atoms with Crippen molar-refractivity contribution in [2.24, 2.45) is 0 Å². The first-order valence-electron chi connectivity index (χ1n) is 7.64. The molecule has 128 valence electrons. The molecule has 0 saturated carbocycles. The molecule has 0 spiro atoms. The number of fused-ring (bicyclic) bond motifs is 1. The number of aryl methyl sites for hydroxylation is 2. The molecule has 6 nitrogen and oxygen atoms in total. The van der Waals surface area contributed by atoms with Gasteiger partial charge < -0.3 is 19.5 Å². The van der Waals surface area contributed by atoms with Crippen molar-refractivity contribution in [3.8, 4) is 11.8 Å². The Bertz CT molecular complexity index is 1040. The summed E-state index contributed by atoms with van der Waals surface area (Å²) in [4.78, 5) is 12.1. The van der Waals surface area contributed by atoms with Gasteiger partial charge in [-0.1, -0.05) is 18.5 Å². The summed E-state index contributed by atoms with van der Waals surface area (Å²) in [5.41, 5.74) is 8.47. The maximum Gasteiger partial charge on any atom is 0.357 e. The number of rotatable bonds is 3. The molecule has 3 aromatic rings. The molecule has 3 rings (SSSR count). The number of halogens is 1. The number of hydrogen-bond acceptors (Lipinski definition) is 5. The van der Waals surface area contributed by atoms with Gasteiger partial charge in [0, 0.05) is 23.7 Å². The minimum Gasteiger partial charge on any atom is -0.464 e. The third kappa shape index (κ3) is 2.53. The Labute approximate surface area is 149 Å². The lowest BCUT2D eigenvalue weighted by atomic mass is 10.1. The summed E-state index contributed by atoms with van der Waals surface area (Å²) < 4.78 is 12.1. The summed E-state index contributed by atoms with van der Waals surface area (Å²) in [7, 11) is 1.26. The number of carbonyl (C=O) groups is 1. The third-order valence-electron chi connectivity index (χ3n) is 4.22. The fourth-order valence-corrected chi connectivity index (χ4v) is 3.16. The molecule has 0 atom stereocenters. The van der Waals surface area contributed by atoms with Crippen molar-refractivity contribution in [1.29, 1.82) is 5.26 Å². The number of anilines is 1. The third-order valence-corrected chi connectivity index (χ3v) is 4.50. The predicted molar refractivity (Wildman–Crippen MR) is 95.1 cm³/mol. The molecule has 25 heavy (non-hydrogen) atoms. The van der Waals surface area contributed by atoms with E-state index in [-0.39, 0.29) is 16.9 Å². The van der Waals surface area contributed by atoms with Gasteiger partial charge in [0.1, 0.15) is 11.8 Å². The normalized spacial score (nSPS) is 10.8. The van der Waals surface area contributed by atoms with Crippen LogP contribution in [0.3, 0.4) is 0 Å². The largest absolute Gasteiger partial charge is 0.464 e. The summed E-state index contributed by atoms with van der Waals surface area (Å²) in [6, 6.07) is 5.50. The van der Waals surface area contributed by atoms with E-state index in [1.165, 1.54) is 17.9 Å². The van der Waals surface area contributed by atoms with E-state index in [9.17, 15) is 10.1 Å². The zero-order valence-corrected chi connectivity index (χ0v) is 14.8. The molecule has 0 saturated heterocycles. The van der Waals surface area contributed by atoms with Crippen LogP contribution in [0.4, 0.5) is 5.69 Å². The summed E-state index contributed by atoms with van der Waals surface area (Å²) >= 11 is 6.38. The number of aromatic nitrogens is 1. The van der Waals surface area contributed by atoms with E-state index >= 15 is 0 Å². The maximum absolute atomic E-state index is 12.1. The average Bonchev–Trinajstić information content (AvgIpc) is 3.12.